The van der Waals surface area contributed by atoms with Crippen molar-refractivity contribution in [2.24, 2.45) is 11.7 Å². The monoisotopic (exact) mass is 321 g/mol. The minimum atomic E-state index is -0.473. The number of aromatic nitrogens is 1. The highest BCUT2D eigenvalue weighted by molar-refractivity contribution is 6.30. The topological polar surface area (TPSA) is 77.2 Å². The number of carbonyl (C=O) groups excluding carboxylic acids is 1. The average Bonchev–Trinajstić information content (AvgIpc) is 2.43. The Labute approximate surface area is 130 Å². The van der Waals surface area contributed by atoms with E-state index in [1.54, 1.807) is 12.1 Å². The fraction of sp³-hybridized carbons (Fsp3) is 0.538. The first-order valence-corrected chi connectivity index (χ1v) is 6.70. The van der Waals surface area contributed by atoms with Crippen molar-refractivity contribution in [3.05, 3.63) is 23.4 Å². The van der Waals surface area contributed by atoms with Crippen molar-refractivity contribution in [3.63, 3.8) is 0 Å². The summed E-state index contributed by atoms with van der Waals surface area (Å²) in [5.74, 6) is 0.491. The summed E-state index contributed by atoms with van der Waals surface area (Å²) in [6, 6.07) is 2.90. The van der Waals surface area contributed by atoms with E-state index in [2.05, 4.69) is 10.3 Å². The molecule has 2 unspecified atom stereocenters. The molecule has 7 heteroatoms. The maximum absolute atomic E-state index is 11.7. The van der Waals surface area contributed by atoms with Gasteiger partial charge in [-0.05, 0) is 12.0 Å². The first-order valence-electron chi connectivity index (χ1n) is 6.32. The molecule has 0 spiro atoms. The Hall–Kier alpha value is -1.04. The number of nitrogens with one attached hydrogen (secondary N) is 1. The minimum absolute atomic E-state index is 0. The van der Waals surface area contributed by atoms with E-state index in [1.165, 1.54) is 6.20 Å². The highest BCUT2D eigenvalue weighted by Gasteiger charge is 2.18. The number of rotatable bonds is 7. The number of amides is 1. The molecule has 1 aromatic rings. The standard InChI is InChI=1S/C13H20ClN3O2.ClH/c1-3-9(2)12(15)13(18)16-6-7-19-11-5-4-10(14)8-17-11;/h4-5,8-9,12H,3,6-7,15H2,1-2H3,(H,16,18);1H. The lowest BCUT2D eigenvalue weighted by Gasteiger charge is -2.17. The van der Waals surface area contributed by atoms with Gasteiger partial charge in [0, 0.05) is 12.3 Å². The van der Waals surface area contributed by atoms with Crippen LogP contribution in [0.4, 0.5) is 0 Å². The zero-order valence-corrected chi connectivity index (χ0v) is 13.2. The van der Waals surface area contributed by atoms with Crippen LogP contribution in [-0.2, 0) is 4.79 Å². The Morgan fingerprint density at radius 2 is 2.25 bits per heavy atom. The van der Waals surface area contributed by atoms with Crippen LogP contribution in [0.25, 0.3) is 0 Å². The fourth-order valence-corrected chi connectivity index (χ4v) is 1.52. The second-order valence-corrected chi connectivity index (χ2v) is 4.80. The van der Waals surface area contributed by atoms with Crippen molar-refractivity contribution in [2.75, 3.05) is 13.2 Å². The van der Waals surface area contributed by atoms with Crippen LogP contribution in [0.3, 0.4) is 0 Å². The molecule has 0 saturated carbocycles. The number of ether oxygens (including phenoxy) is 1. The number of pyridine rings is 1. The molecule has 0 saturated heterocycles. The molecule has 0 aliphatic heterocycles. The second kappa shape index (κ2) is 9.80. The molecule has 5 nitrogen and oxygen atoms in total. The SMILES string of the molecule is CCC(C)C(N)C(=O)NCCOc1ccc(Cl)cn1.Cl. The van der Waals surface area contributed by atoms with Gasteiger partial charge in [-0.15, -0.1) is 12.4 Å². The van der Waals surface area contributed by atoms with Gasteiger partial charge in [-0.25, -0.2) is 4.98 Å². The molecule has 114 valence electrons. The molecule has 1 aromatic heterocycles. The third-order valence-corrected chi connectivity index (χ3v) is 3.13. The van der Waals surface area contributed by atoms with E-state index in [9.17, 15) is 4.79 Å². The summed E-state index contributed by atoms with van der Waals surface area (Å²) in [6.07, 6.45) is 2.38. The Morgan fingerprint density at radius 1 is 1.55 bits per heavy atom. The van der Waals surface area contributed by atoms with Gasteiger partial charge in [-0.3, -0.25) is 4.79 Å². The average molecular weight is 322 g/mol. The summed E-state index contributed by atoms with van der Waals surface area (Å²) in [7, 11) is 0. The minimum Gasteiger partial charge on any atom is -0.476 e. The van der Waals surface area contributed by atoms with Gasteiger partial charge in [0.2, 0.25) is 11.8 Å². The Kier molecular flexibility index (Phi) is 9.29. The largest absolute Gasteiger partial charge is 0.476 e. The van der Waals surface area contributed by atoms with Gasteiger partial charge in [-0.1, -0.05) is 31.9 Å². The van der Waals surface area contributed by atoms with E-state index < -0.39 is 6.04 Å². The third kappa shape index (κ3) is 6.41. The summed E-state index contributed by atoms with van der Waals surface area (Å²) in [4.78, 5) is 15.7. The quantitative estimate of drug-likeness (QED) is 0.753. The molecular formula is C13H21Cl2N3O2. The molecule has 0 aliphatic carbocycles. The van der Waals surface area contributed by atoms with Crippen molar-refractivity contribution in [2.45, 2.75) is 26.3 Å². The second-order valence-electron chi connectivity index (χ2n) is 4.37. The Balaban J connectivity index is 0.00000361. The maximum atomic E-state index is 11.7. The zero-order chi connectivity index (χ0) is 14.3. The van der Waals surface area contributed by atoms with Crippen LogP contribution in [0.15, 0.2) is 18.3 Å². The van der Waals surface area contributed by atoms with E-state index in [0.717, 1.165) is 6.42 Å². The lowest BCUT2D eigenvalue weighted by Crippen LogP contribution is -2.45. The molecule has 20 heavy (non-hydrogen) atoms. The van der Waals surface area contributed by atoms with Crippen molar-refractivity contribution in [1.29, 1.82) is 0 Å². The summed E-state index contributed by atoms with van der Waals surface area (Å²) in [6.45, 7) is 4.70. The van der Waals surface area contributed by atoms with E-state index in [1.807, 2.05) is 13.8 Å². The predicted molar refractivity (Wildman–Crippen MR) is 82.4 cm³/mol. The third-order valence-electron chi connectivity index (χ3n) is 2.91. The van der Waals surface area contributed by atoms with E-state index >= 15 is 0 Å². The van der Waals surface area contributed by atoms with Gasteiger partial charge >= 0.3 is 0 Å². The lowest BCUT2D eigenvalue weighted by atomic mass is 9.99. The van der Waals surface area contributed by atoms with Gasteiger partial charge in [0.1, 0.15) is 6.61 Å². The van der Waals surface area contributed by atoms with Crippen molar-refractivity contribution >= 4 is 29.9 Å². The number of hydrogen-bond donors (Lipinski definition) is 2. The summed E-state index contributed by atoms with van der Waals surface area (Å²) in [5.41, 5.74) is 5.80. The van der Waals surface area contributed by atoms with Crippen LogP contribution in [0.1, 0.15) is 20.3 Å². The lowest BCUT2D eigenvalue weighted by molar-refractivity contribution is -0.123. The van der Waals surface area contributed by atoms with Crippen LogP contribution in [0.2, 0.25) is 5.02 Å². The summed E-state index contributed by atoms with van der Waals surface area (Å²) < 4.78 is 5.35. The number of halogens is 2. The van der Waals surface area contributed by atoms with Crippen LogP contribution in [0.5, 0.6) is 5.88 Å². The summed E-state index contributed by atoms with van der Waals surface area (Å²) >= 11 is 5.70. The number of nitrogens with zero attached hydrogens (tertiary/aromatic N) is 1. The van der Waals surface area contributed by atoms with Gasteiger partial charge in [-0.2, -0.15) is 0 Å². The molecule has 0 aliphatic rings. The van der Waals surface area contributed by atoms with Crippen LogP contribution in [0, 0.1) is 5.92 Å². The highest BCUT2D eigenvalue weighted by Crippen LogP contribution is 2.11. The Bertz CT molecular complexity index is 401. The van der Waals surface area contributed by atoms with Gasteiger partial charge < -0.3 is 15.8 Å². The van der Waals surface area contributed by atoms with Gasteiger partial charge in [0.05, 0.1) is 17.6 Å². The van der Waals surface area contributed by atoms with Crippen LogP contribution >= 0.6 is 24.0 Å². The Morgan fingerprint density at radius 3 is 2.80 bits per heavy atom. The molecule has 1 heterocycles. The first-order chi connectivity index (χ1) is 9.04. The maximum Gasteiger partial charge on any atom is 0.237 e. The van der Waals surface area contributed by atoms with Crippen LogP contribution in [-0.4, -0.2) is 30.1 Å². The smallest absolute Gasteiger partial charge is 0.237 e. The first kappa shape index (κ1) is 19.0. The predicted octanol–water partition coefficient (Wildman–Crippen LogP) is 2.03. The van der Waals surface area contributed by atoms with E-state index in [4.69, 9.17) is 22.1 Å². The molecule has 0 aromatic carbocycles. The fourth-order valence-electron chi connectivity index (χ4n) is 1.41. The zero-order valence-electron chi connectivity index (χ0n) is 11.6. The number of nitrogens with two attached hydrogens (primary N) is 1. The molecule has 0 radical (unpaired) electrons. The number of hydrogen-bond acceptors (Lipinski definition) is 4. The molecular weight excluding hydrogens is 301 g/mol. The van der Waals surface area contributed by atoms with E-state index in [-0.39, 0.29) is 24.2 Å². The van der Waals surface area contributed by atoms with Gasteiger partial charge in [0.25, 0.3) is 0 Å². The molecule has 0 fully saturated rings. The van der Waals surface area contributed by atoms with Crippen LogP contribution < -0.4 is 15.8 Å². The van der Waals surface area contributed by atoms with Crippen molar-refractivity contribution < 1.29 is 9.53 Å². The molecule has 0 bridgehead atoms. The normalized spacial score (nSPS) is 13.0. The number of carbonyl (C=O) groups is 1. The summed E-state index contributed by atoms with van der Waals surface area (Å²) in [5, 5.41) is 3.29. The molecule has 3 N–H and O–H groups in total. The molecule has 2 atom stereocenters. The van der Waals surface area contributed by atoms with Crippen molar-refractivity contribution in [3.8, 4) is 5.88 Å². The molecule has 1 amide bonds. The highest BCUT2D eigenvalue weighted by atomic mass is 35.5. The molecule has 1 rings (SSSR count). The van der Waals surface area contributed by atoms with E-state index in [0.29, 0.717) is 24.1 Å². The van der Waals surface area contributed by atoms with Crippen molar-refractivity contribution in [1.82, 2.24) is 10.3 Å². The van der Waals surface area contributed by atoms with Gasteiger partial charge in [0.15, 0.2) is 0 Å².